The number of fused-ring (bicyclic) bond motifs is 9. The molecule has 2 aliphatic rings. The van der Waals surface area contributed by atoms with Crippen molar-refractivity contribution in [2.24, 2.45) is 0 Å². The van der Waals surface area contributed by atoms with Gasteiger partial charge in [0.2, 0.25) is 0 Å². The summed E-state index contributed by atoms with van der Waals surface area (Å²) in [5.41, 5.74) is 4.87. The molecule has 5 rings (SSSR count). The van der Waals surface area contributed by atoms with Gasteiger partial charge in [0.25, 0.3) is 5.91 Å². The smallest absolute Gasteiger partial charge is 0.342 e. The predicted molar refractivity (Wildman–Crippen MR) is 105 cm³/mol. The second-order valence-corrected chi connectivity index (χ2v) is 7.82. The van der Waals surface area contributed by atoms with Gasteiger partial charge < -0.3 is 14.6 Å². The molecule has 0 saturated heterocycles. The van der Waals surface area contributed by atoms with Crippen molar-refractivity contribution in [2.75, 3.05) is 6.61 Å². The highest BCUT2D eigenvalue weighted by molar-refractivity contribution is 6.32. The summed E-state index contributed by atoms with van der Waals surface area (Å²) < 4.78 is 31.4. The van der Waals surface area contributed by atoms with Crippen molar-refractivity contribution < 1.29 is 18.3 Å². The molecule has 0 fully saturated rings. The van der Waals surface area contributed by atoms with E-state index in [1.807, 2.05) is 31.2 Å². The van der Waals surface area contributed by atoms with Crippen LogP contribution in [0, 0.1) is 6.92 Å². The summed E-state index contributed by atoms with van der Waals surface area (Å²) in [6.07, 6.45) is 0.943. The van der Waals surface area contributed by atoms with Crippen molar-refractivity contribution in [1.29, 1.82) is 0 Å². The third-order valence-electron chi connectivity index (χ3n) is 5.89. The molecule has 0 spiro atoms. The van der Waals surface area contributed by atoms with E-state index in [4.69, 9.17) is 16.6 Å². The van der Waals surface area contributed by atoms with Gasteiger partial charge in [-0.25, -0.2) is 4.98 Å². The Morgan fingerprint density at radius 2 is 2.17 bits per heavy atom. The molecule has 0 unspecified atom stereocenters. The average Bonchev–Trinajstić information content (AvgIpc) is 3.17. The van der Waals surface area contributed by atoms with Crippen LogP contribution in [0.4, 0.5) is 8.78 Å². The number of carbonyl (C=O) groups excluding carboxylic acids is 1. The number of hydrogen-bond acceptors (Lipinski definition) is 3. The van der Waals surface area contributed by atoms with Gasteiger partial charge in [-0.15, -0.1) is 0 Å². The van der Waals surface area contributed by atoms with E-state index in [0.29, 0.717) is 17.0 Å². The Bertz CT molecular complexity index is 1140. The third kappa shape index (κ3) is 2.83. The largest absolute Gasteiger partial charge is 0.345 e. The van der Waals surface area contributed by atoms with E-state index < -0.39 is 6.61 Å². The van der Waals surface area contributed by atoms with Crippen LogP contribution in [0.25, 0.3) is 11.0 Å². The Morgan fingerprint density at radius 3 is 2.97 bits per heavy atom. The zero-order chi connectivity index (χ0) is 20.3. The lowest BCUT2D eigenvalue weighted by Crippen LogP contribution is -2.28. The topological polar surface area (TPSA) is 56.1 Å². The van der Waals surface area contributed by atoms with Crippen molar-refractivity contribution in [3.63, 3.8) is 0 Å². The Kier molecular flexibility index (Phi) is 4.33. The summed E-state index contributed by atoms with van der Waals surface area (Å²) in [4.78, 5) is 17.7. The molecule has 150 valence electrons. The molecular weight excluding hydrogens is 400 g/mol. The molecular formula is C21H18ClF2N3O2. The monoisotopic (exact) mass is 417 g/mol. The Hall–Kier alpha value is -2.51. The van der Waals surface area contributed by atoms with Gasteiger partial charge in [0.15, 0.2) is 0 Å². The van der Waals surface area contributed by atoms with Gasteiger partial charge >= 0.3 is 6.61 Å². The van der Waals surface area contributed by atoms with E-state index in [2.05, 4.69) is 14.6 Å². The third-order valence-corrected chi connectivity index (χ3v) is 6.23. The second kappa shape index (κ2) is 6.78. The highest BCUT2D eigenvalue weighted by atomic mass is 35.5. The Balaban J connectivity index is 1.67. The van der Waals surface area contributed by atoms with Gasteiger partial charge in [0.1, 0.15) is 5.82 Å². The van der Waals surface area contributed by atoms with Gasteiger partial charge in [0.05, 0.1) is 29.7 Å². The number of halogens is 3. The fraction of sp³-hybridized carbons (Fsp3) is 0.333. The summed E-state index contributed by atoms with van der Waals surface area (Å²) in [5, 5.41) is 3.46. The van der Waals surface area contributed by atoms with Crippen LogP contribution in [-0.2, 0) is 11.2 Å². The molecule has 3 heterocycles. The zero-order valence-corrected chi connectivity index (χ0v) is 16.3. The van der Waals surface area contributed by atoms with Crippen LogP contribution < -0.4 is 5.32 Å². The van der Waals surface area contributed by atoms with Crippen molar-refractivity contribution in [3.8, 4) is 0 Å². The molecule has 3 aromatic rings. The molecule has 0 saturated carbocycles. The number of rotatable bonds is 4. The Morgan fingerprint density at radius 1 is 1.38 bits per heavy atom. The quantitative estimate of drug-likeness (QED) is 0.677. The first kappa shape index (κ1) is 18.5. The first-order chi connectivity index (χ1) is 14.0. The minimum absolute atomic E-state index is 0.0802. The molecule has 29 heavy (non-hydrogen) atoms. The number of nitrogens with zero attached hydrogens (tertiary/aromatic N) is 2. The summed E-state index contributed by atoms with van der Waals surface area (Å²) in [5.74, 6) is 0.651. The summed E-state index contributed by atoms with van der Waals surface area (Å²) in [7, 11) is 0. The molecule has 2 aliphatic heterocycles. The Labute approximate surface area is 170 Å². The standard InChI is InChI=1S/C21H18ClF2N3O2/c1-10-11(6-7-29-21(23)24)13(22)8-12-18(10)17-9-15(26-20(12)28)19-25-14-4-2-3-5-16(14)27(17)19/h2-5,8,15,17,21H,6-7,9H2,1H3,(H,26,28)/t15-,17-/m1/s1. The number of alkyl halides is 2. The maximum absolute atomic E-state index is 12.9. The summed E-state index contributed by atoms with van der Waals surface area (Å²) in [6.45, 7) is -1.07. The SMILES string of the molecule is Cc1c(CCOC(F)F)c(Cl)cc2c1[C@H]1C[C@@H](NC2=O)c2nc3ccccc3n21. The lowest BCUT2D eigenvalue weighted by molar-refractivity contribution is -0.127. The van der Waals surface area contributed by atoms with E-state index in [0.717, 1.165) is 33.5 Å². The molecule has 2 atom stereocenters. The van der Waals surface area contributed by atoms with Crippen LogP contribution in [0.3, 0.4) is 0 Å². The average molecular weight is 418 g/mol. The number of hydrogen-bond donors (Lipinski definition) is 1. The number of para-hydroxylation sites is 2. The number of carbonyl (C=O) groups is 1. The minimum Gasteiger partial charge on any atom is -0.342 e. The lowest BCUT2D eigenvalue weighted by atomic mass is 9.90. The van der Waals surface area contributed by atoms with Crippen LogP contribution in [0.15, 0.2) is 30.3 Å². The highest BCUT2D eigenvalue weighted by Crippen LogP contribution is 2.46. The number of nitrogens with one attached hydrogen (secondary N) is 1. The van der Waals surface area contributed by atoms with Crippen molar-refractivity contribution in [1.82, 2.24) is 14.9 Å². The number of aromatic nitrogens is 2. The number of ether oxygens (including phenoxy) is 1. The van der Waals surface area contributed by atoms with Crippen molar-refractivity contribution >= 4 is 28.5 Å². The number of imidazole rings is 1. The molecule has 5 nitrogen and oxygen atoms in total. The van der Waals surface area contributed by atoms with Crippen LogP contribution in [0.5, 0.6) is 0 Å². The molecule has 2 bridgehead atoms. The predicted octanol–water partition coefficient (Wildman–Crippen LogP) is 4.56. The van der Waals surface area contributed by atoms with Crippen molar-refractivity contribution in [3.05, 3.63) is 63.4 Å². The number of amides is 1. The van der Waals surface area contributed by atoms with Gasteiger partial charge in [-0.05, 0) is 54.7 Å². The normalized spacial score (nSPS) is 20.0. The van der Waals surface area contributed by atoms with Crippen LogP contribution >= 0.6 is 11.6 Å². The minimum atomic E-state index is -2.82. The van der Waals surface area contributed by atoms with Crippen molar-refractivity contribution in [2.45, 2.75) is 38.5 Å². The first-order valence-corrected chi connectivity index (χ1v) is 9.83. The molecule has 0 aliphatic carbocycles. The van der Waals surface area contributed by atoms with Crippen LogP contribution in [0.2, 0.25) is 5.02 Å². The van der Waals surface area contributed by atoms with Gasteiger partial charge in [-0.1, -0.05) is 23.7 Å². The van der Waals surface area contributed by atoms with E-state index >= 15 is 0 Å². The van der Waals surface area contributed by atoms with E-state index in [-0.39, 0.29) is 31.0 Å². The van der Waals surface area contributed by atoms with E-state index in [1.165, 1.54) is 0 Å². The maximum atomic E-state index is 12.9. The molecule has 1 N–H and O–H groups in total. The summed E-state index contributed by atoms with van der Waals surface area (Å²) >= 11 is 6.43. The van der Waals surface area contributed by atoms with Gasteiger partial charge in [-0.2, -0.15) is 8.78 Å². The van der Waals surface area contributed by atoms with Gasteiger partial charge in [0, 0.05) is 10.6 Å². The molecule has 8 heteroatoms. The molecule has 1 aromatic heterocycles. The maximum Gasteiger partial charge on any atom is 0.345 e. The van der Waals surface area contributed by atoms with E-state index in [1.54, 1.807) is 6.07 Å². The fourth-order valence-corrected chi connectivity index (χ4v) is 5.03. The fourth-order valence-electron chi connectivity index (χ4n) is 4.69. The van der Waals surface area contributed by atoms with E-state index in [9.17, 15) is 13.6 Å². The first-order valence-electron chi connectivity index (χ1n) is 9.45. The lowest BCUT2D eigenvalue weighted by Gasteiger charge is -2.23. The number of benzene rings is 2. The molecule has 1 amide bonds. The highest BCUT2D eigenvalue weighted by Gasteiger charge is 2.41. The van der Waals surface area contributed by atoms with Gasteiger partial charge in [-0.3, -0.25) is 4.79 Å². The van der Waals surface area contributed by atoms with Crippen LogP contribution in [0.1, 0.15) is 51.4 Å². The molecule has 0 radical (unpaired) electrons. The summed E-state index contributed by atoms with van der Waals surface area (Å²) in [6, 6.07) is 9.27. The second-order valence-electron chi connectivity index (χ2n) is 7.41. The van der Waals surface area contributed by atoms with Crippen LogP contribution in [-0.4, -0.2) is 28.7 Å². The molecule has 2 aromatic carbocycles. The zero-order valence-electron chi connectivity index (χ0n) is 15.6.